The third-order valence-electron chi connectivity index (χ3n) is 1.66. The fraction of sp³-hybridized carbons (Fsp3) is 0. The van der Waals surface area contributed by atoms with E-state index in [1.807, 2.05) is 18.2 Å². The van der Waals surface area contributed by atoms with Crippen LogP contribution in [0.4, 0.5) is 0 Å². The molecule has 0 aliphatic rings. The third-order valence-corrected chi connectivity index (χ3v) is 4.08. The van der Waals surface area contributed by atoms with Crippen LogP contribution in [-0.2, 0) is 10.1 Å². The summed E-state index contributed by atoms with van der Waals surface area (Å²) in [6.07, 6.45) is 0. The molecule has 2 aromatic rings. The Kier molecular flexibility index (Phi) is 3.74. The molecule has 2 rings (SSSR count). The van der Waals surface area contributed by atoms with Gasteiger partial charge in [0.05, 0.1) is 0 Å². The summed E-state index contributed by atoms with van der Waals surface area (Å²) >= 11 is 1.07. The van der Waals surface area contributed by atoms with Gasteiger partial charge in [0.1, 0.15) is 4.21 Å². The first-order valence-corrected chi connectivity index (χ1v) is 5.79. The normalized spacial score (nSPS) is 11.2. The van der Waals surface area contributed by atoms with Crippen molar-refractivity contribution in [1.29, 1.82) is 0 Å². The molecule has 0 aliphatic heterocycles. The molecule has 1 aromatic heterocycles. The molecule has 1 aromatic carbocycles. The van der Waals surface area contributed by atoms with Crippen LogP contribution in [0.3, 0.4) is 0 Å². The molecule has 1 heterocycles. The van der Waals surface area contributed by atoms with Gasteiger partial charge in [-0.25, -0.2) is 0 Å². The summed E-state index contributed by atoms with van der Waals surface area (Å²) in [7, 11) is -4.05. The Bertz CT molecular complexity index is 511. The zero-order valence-electron chi connectivity index (χ0n) is 7.47. The van der Waals surface area contributed by atoms with Gasteiger partial charge < -0.3 is 0 Å². The maximum atomic E-state index is 10.8. The predicted molar refractivity (Wildman–Crippen MR) is 57.4 cm³/mol. The number of benzene rings is 1. The minimum atomic E-state index is -4.05. The van der Waals surface area contributed by atoms with Crippen LogP contribution in [0.1, 0.15) is 0 Å². The predicted octanol–water partition coefficient (Wildman–Crippen LogP) is 1.77. The summed E-state index contributed by atoms with van der Waals surface area (Å²) in [6, 6.07) is 8.74. The molecule has 1 N–H and O–H groups in total. The standard InChI is InChI=1S/C8H6O3S2.Na/c9-13(10,11)8-5-6-3-1-2-4-7(6)12-8;/h1-5H,(H,9,10,11);. The molecule has 0 amide bonds. The Labute approximate surface area is 108 Å². The topological polar surface area (TPSA) is 54.4 Å². The van der Waals surface area contributed by atoms with E-state index < -0.39 is 10.1 Å². The van der Waals surface area contributed by atoms with Crippen molar-refractivity contribution in [2.75, 3.05) is 0 Å². The first-order valence-electron chi connectivity index (χ1n) is 3.53. The van der Waals surface area contributed by atoms with Crippen molar-refractivity contribution in [3.05, 3.63) is 30.3 Å². The molecule has 0 saturated carbocycles. The van der Waals surface area contributed by atoms with Crippen molar-refractivity contribution in [2.45, 2.75) is 4.21 Å². The van der Waals surface area contributed by atoms with Gasteiger partial charge in [0.15, 0.2) is 0 Å². The van der Waals surface area contributed by atoms with E-state index in [0.29, 0.717) is 0 Å². The van der Waals surface area contributed by atoms with E-state index in [-0.39, 0.29) is 33.8 Å². The molecule has 69 valence electrons. The van der Waals surface area contributed by atoms with Crippen LogP contribution in [0.15, 0.2) is 34.5 Å². The van der Waals surface area contributed by atoms with Crippen molar-refractivity contribution in [2.24, 2.45) is 0 Å². The van der Waals surface area contributed by atoms with Gasteiger partial charge in [-0.1, -0.05) is 18.2 Å². The molecule has 0 fully saturated rings. The molecule has 0 bridgehead atoms. The van der Waals surface area contributed by atoms with Crippen LogP contribution in [0, 0.1) is 0 Å². The largest absolute Gasteiger partial charge is 0.304 e. The Morgan fingerprint density at radius 1 is 1.21 bits per heavy atom. The molecular weight excluding hydrogens is 231 g/mol. The van der Waals surface area contributed by atoms with Crippen LogP contribution in [0.5, 0.6) is 0 Å². The van der Waals surface area contributed by atoms with Crippen molar-refractivity contribution >= 4 is 61.1 Å². The van der Waals surface area contributed by atoms with E-state index in [1.165, 1.54) is 6.07 Å². The number of hydrogen-bond donors (Lipinski definition) is 1. The van der Waals surface area contributed by atoms with Gasteiger partial charge in [-0.2, -0.15) is 8.42 Å². The minimum Gasteiger partial charge on any atom is -0.281 e. The second-order valence-electron chi connectivity index (χ2n) is 2.58. The molecule has 0 unspecified atom stereocenters. The zero-order valence-corrected chi connectivity index (χ0v) is 11.1. The van der Waals surface area contributed by atoms with Crippen LogP contribution < -0.4 is 0 Å². The van der Waals surface area contributed by atoms with Crippen molar-refractivity contribution in [3.63, 3.8) is 0 Å². The fourth-order valence-electron chi connectivity index (χ4n) is 1.08. The number of rotatable bonds is 1. The van der Waals surface area contributed by atoms with Crippen LogP contribution in [-0.4, -0.2) is 42.5 Å². The smallest absolute Gasteiger partial charge is 0.281 e. The fourth-order valence-corrected chi connectivity index (χ4v) is 2.85. The van der Waals surface area contributed by atoms with Crippen molar-refractivity contribution in [1.82, 2.24) is 0 Å². The molecule has 6 heteroatoms. The first-order chi connectivity index (χ1) is 6.07. The van der Waals surface area contributed by atoms with Crippen molar-refractivity contribution in [3.8, 4) is 0 Å². The third kappa shape index (κ3) is 2.36. The number of hydrogen-bond acceptors (Lipinski definition) is 3. The van der Waals surface area contributed by atoms with Crippen LogP contribution in [0.25, 0.3) is 10.1 Å². The van der Waals surface area contributed by atoms with Gasteiger partial charge in [0, 0.05) is 34.3 Å². The Morgan fingerprint density at radius 3 is 2.43 bits per heavy atom. The van der Waals surface area contributed by atoms with E-state index in [9.17, 15) is 8.42 Å². The van der Waals surface area contributed by atoms with E-state index in [4.69, 9.17) is 4.55 Å². The summed E-state index contributed by atoms with van der Waals surface area (Å²) in [5, 5.41) is 0.833. The minimum absolute atomic E-state index is 0. The second-order valence-corrected chi connectivity index (χ2v) is 5.31. The molecule has 0 atom stereocenters. The van der Waals surface area contributed by atoms with Gasteiger partial charge in [-0.05, 0) is 17.5 Å². The van der Waals surface area contributed by atoms with E-state index in [2.05, 4.69) is 0 Å². The van der Waals surface area contributed by atoms with Gasteiger partial charge in [-0.15, -0.1) is 11.3 Å². The van der Waals surface area contributed by atoms with Crippen LogP contribution in [0.2, 0.25) is 0 Å². The van der Waals surface area contributed by atoms with E-state index >= 15 is 0 Å². The zero-order chi connectivity index (χ0) is 9.47. The monoisotopic (exact) mass is 237 g/mol. The maximum Gasteiger partial charge on any atom is 0.304 e. The molecule has 0 spiro atoms. The SMILES string of the molecule is O=S(=O)(O)c1cc2ccccc2s1.[Na]. The van der Waals surface area contributed by atoms with Gasteiger partial charge in [-0.3, -0.25) is 4.55 Å². The Balaban J connectivity index is 0.000000980. The summed E-state index contributed by atoms with van der Waals surface area (Å²) < 4.78 is 31.2. The van der Waals surface area contributed by atoms with E-state index in [0.717, 1.165) is 21.4 Å². The Morgan fingerprint density at radius 2 is 1.86 bits per heavy atom. The average molecular weight is 237 g/mol. The summed E-state index contributed by atoms with van der Waals surface area (Å²) in [4.78, 5) is 0. The number of fused-ring (bicyclic) bond motifs is 1. The second kappa shape index (κ2) is 4.30. The molecular formula is C8H6NaO3S2. The molecule has 14 heavy (non-hydrogen) atoms. The average Bonchev–Trinajstić information content (AvgIpc) is 2.45. The summed E-state index contributed by atoms with van der Waals surface area (Å²) in [6.45, 7) is 0. The maximum absolute atomic E-state index is 10.8. The molecule has 3 nitrogen and oxygen atoms in total. The summed E-state index contributed by atoms with van der Waals surface area (Å²) in [5.74, 6) is 0. The summed E-state index contributed by atoms with van der Waals surface area (Å²) in [5.41, 5.74) is 0. The van der Waals surface area contributed by atoms with Gasteiger partial charge >= 0.3 is 10.1 Å². The van der Waals surface area contributed by atoms with Gasteiger partial charge in [0.25, 0.3) is 0 Å². The molecule has 0 aliphatic carbocycles. The van der Waals surface area contributed by atoms with E-state index in [1.54, 1.807) is 6.07 Å². The molecule has 1 radical (unpaired) electrons. The number of thiophene rings is 1. The Hall–Kier alpha value is 0.0900. The molecule has 0 saturated heterocycles. The van der Waals surface area contributed by atoms with Gasteiger partial charge in [0.2, 0.25) is 0 Å². The first kappa shape index (κ1) is 12.2. The quantitative estimate of drug-likeness (QED) is 0.607. The van der Waals surface area contributed by atoms with Crippen molar-refractivity contribution < 1.29 is 13.0 Å². The van der Waals surface area contributed by atoms with Crippen LogP contribution >= 0.6 is 11.3 Å².